The predicted molar refractivity (Wildman–Crippen MR) is 82.2 cm³/mol. The molecule has 0 radical (unpaired) electrons. The largest absolute Gasteiger partial charge is 0.508 e. The molecule has 0 bridgehead atoms. The molecule has 4 N–H and O–H groups in total. The van der Waals surface area contributed by atoms with E-state index in [1.807, 2.05) is 0 Å². The van der Waals surface area contributed by atoms with Crippen molar-refractivity contribution in [2.45, 2.75) is 26.4 Å². The first kappa shape index (κ1) is 13.6. The SMILES string of the molecule is CCCc1c(O)ccc2nc(N)c3nc(COC)[nH]c3c12. The minimum atomic E-state index is 0.278. The average molecular weight is 286 g/mol. The number of phenolic OH excluding ortho intramolecular Hbond substituents is 1. The number of nitrogens with zero attached hydrogens (tertiary/aromatic N) is 2. The number of ether oxygens (including phenoxy) is 1. The van der Waals surface area contributed by atoms with Gasteiger partial charge in [-0.15, -0.1) is 0 Å². The molecule has 0 saturated heterocycles. The Labute approximate surface area is 122 Å². The van der Waals surface area contributed by atoms with Crippen molar-refractivity contribution >= 4 is 27.8 Å². The quantitative estimate of drug-likeness (QED) is 0.684. The van der Waals surface area contributed by atoms with Gasteiger partial charge in [0, 0.05) is 18.1 Å². The van der Waals surface area contributed by atoms with E-state index in [-0.39, 0.29) is 5.75 Å². The van der Waals surface area contributed by atoms with Gasteiger partial charge in [0.2, 0.25) is 0 Å². The fourth-order valence-corrected chi connectivity index (χ4v) is 2.68. The number of aromatic nitrogens is 3. The van der Waals surface area contributed by atoms with Crippen LogP contribution in [0.2, 0.25) is 0 Å². The van der Waals surface area contributed by atoms with Crippen LogP contribution in [-0.2, 0) is 17.8 Å². The molecule has 0 fully saturated rings. The molecule has 0 atom stereocenters. The Morgan fingerprint density at radius 3 is 2.86 bits per heavy atom. The van der Waals surface area contributed by atoms with Crippen molar-refractivity contribution in [1.82, 2.24) is 15.0 Å². The molecule has 0 aliphatic heterocycles. The number of methoxy groups -OCH3 is 1. The first-order chi connectivity index (χ1) is 10.2. The standard InChI is InChI=1S/C15H18N4O2/c1-3-4-8-10(20)6-5-9-12(8)13-14(15(16)17-9)19-11(18-13)7-21-2/h5-6,20H,3-4,7H2,1-2H3,(H2,16,17)(H,18,19). The topological polar surface area (TPSA) is 97.1 Å². The van der Waals surface area contributed by atoms with E-state index in [2.05, 4.69) is 21.9 Å². The summed E-state index contributed by atoms with van der Waals surface area (Å²) in [5, 5.41) is 11.0. The van der Waals surface area contributed by atoms with Gasteiger partial charge in [0.05, 0.1) is 11.0 Å². The van der Waals surface area contributed by atoms with E-state index in [0.29, 0.717) is 23.8 Å². The third-order valence-corrected chi connectivity index (χ3v) is 3.53. The summed E-state index contributed by atoms with van der Waals surface area (Å²) in [4.78, 5) is 12.1. The zero-order valence-corrected chi connectivity index (χ0v) is 12.1. The zero-order chi connectivity index (χ0) is 15.0. The van der Waals surface area contributed by atoms with Crippen molar-refractivity contribution in [3.05, 3.63) is 23.5 Å². The number of aryl methyl sites for hydroxylation is 1. The Hall–Kier alpha value is -2.34. The normalized spacial score (nSPS) is 11.5. The summed E-state index contributed by atoms with van der Waals surface area (Å²) in [5.41, 5.74) is 9.06. The van der Waals surface area contributed by atoms with Gasteiger partial charge in [-0.3, -0.25) is 0 Å². The lowest BCUT2D eigenvalue weighted by molar-refractivity contribution is 0.179. The van der Waals surface area contributed by atoms with Gasteiger partial charge in [-0.05, 0) is 18.6 Å². The van der Waals surface area contributed by atoms with E-state index in [0.717, 1.165) is 34.8 Å². The number of hydrogen-bond acceptors (Lipinski definition) is 5. The Morgan fingerprint density at radius 1 is 1.33 bits per heavy atom. The number of hydrogen-bond donors (Lipinski definition) is 3. The fraction of sp³-hybridized carbons (Fsp3) is 0.333. The molecule has 1 aromatic carbocycles. The summed E-state index contributed by atoms with van der Waals surface area (Å²) < 4.78 is 5.11. The second-order valence-corrected chi connectivity index (χ2v) is 5.04. The molecular formula is C15H18N4O2. The minimum absolute atomic E-state index is 0.278. The summed E-state index contributed by atoms with van der Waals surface area (Å²) in [7, 11) is 1.61. The summed E-state index contributed by atoms with van der Waals surface area (Å²) in [6.07, 6.45) is 1.69. The van der Waals surface area contributed by atoms with Crippen LogP contribution in [0.4, 0.5) is 5.82 Å². The van der Waals surface area contributed by atoms with Crippen molar-refractivity contribution in [3.63, 3.8) is 0 Å². The van der Waals surface area contributed by atoms with Gasteiger partial charge in [-0.1, -0.05) is 13.3 Å². The van der Waals surface area contributed by atoms with Gasteiger partial charge in [-0.2, -0.15) is 0 Å². The Balaban J connectivity index is 2.40. The van der Waals surface area contributed by atoms with Gasteiger partial charge in [0.25, 0.3) is 0 Å². The van der Waals surface area contributed by atoms with E-state index in [1.165, 1.54) is 0 Å². The van der Waals surface area contributed by atoms with Crippen molar-refractivity contribution in [1.29, 1.82) is 0 Å². The third kappa shape index (κ3) is 2.17. The molecule has 0 saturated carbocycles. The highest BCUT2D eigenvalue weighted by molar-refractivity contribution is 6.08. The molecule has 2 aromatic heterocycles. The van der Waals surface area contributed by atoms with E-state index in [4.69, 9.17) is 10.5 Å². The van der Waals surface area contributed by atoms with Crippen LogP contribution in [-0.4, -0.2) is 27.2 Å². The number of aromatic hydroxyl groups is 1. The number of fused-ring (bicyclic) bond motifs is 3. The Morgan fingerprint density at radius 2 is 2.14 bits per heavy atom. The molecule has 6 heteroatoms. The molecule has 0 spiro atoms. The molecule has 3 aromatic rings. The van der Waals surface area contributed by atoms with Crippen LogP contribution in [0, 0.1) is 0 Å². The minimum Gasteiger partial charge on any atom is -0.508 e. The summed E-state index contributed by atoms with van der Waals surface area (Å²) in [6.45, 7) is 2.45. The summed E-state index contributed by atoms with van der Waals surface area (Å²) >= 11 is 0. The average Bonchev–Trinajstić information content (AvgIpc) is 2.87. The number of nitrogen functional groups attached to an aromatic ring is 1. The number of nitrogens with one attached hydrogen (secondary N) is 1. The number of imidazole rings is 1. The molecule has 21 heavy (non-hydrogen) atoms. The number of phenols is 1. The highest BCUT2D eigenvalue weighted by atomic mass is 16.5. The lowest BCUT2D eigenvalue weighted by Gasteiger charge is -2.09. The van der Waals surface area contributed by atoms with Crippen LogP contribution >= 0.6 is 0 Å². The van der Waals surface area contributed by atoms with Crippen molar-refractivity contribution in [2.24, 2.45) is 0 Å². The fourth-order valence-electron chi connectivity index (χ4n) is 2.68. The summed E-state index contributed by atoms with van der Waals surface area (Å²) in [5.74, 6) is 1.35. The zero-order valence-electron chi connectivity index (χ0n) is 12.1. The molecule has 6 nitrogen and oxygen atoms in total. The number of aromatic amines is 1. The maximum absolute atomic E-state index is 10.2. The molecule has 0 aliphatic carbocycles. The number of benzene rings is 1. The molecule has 2 heterocycles. The molecule has 0 amide bonds. The number of pyridine rings is 1. The van der Waals surface area contributed by atoms with Crippen molar-refractivity contribution in [2.75, 3.05) is 12.8 Å². The van der Waals surface area contributed by atoms with E-state index in [9.17, 15) is 5.11 Å². The Kier molecular flexibility index (Phi) is 3.39. The maximum atomic E-state index is 10.2. The van der Waals surface area contributed by atoms with Crippen molar-refractivity contribution < 1.29 is 9.84 Å². The molecule has 3 rings (SSSR count). The first-order valence-electron chi connectivity index (χ1n) is 6.93. The second kappa shape index (κ2) is 5.21. The Bertz CT molecular complexity index is 810. The van der Waals surface area contributed by atoms with Crippen molar-refractivity contribution in [3.8, 4) is 5.75 Å². The predicted octanol–water partition coefficient (Wildman–Crippen LogP) is 2.50. The van der Waals surface area contributed by atoms with Crippen LogP contribution in [0.5, 0.6) is 5.75 Å². The van der Waals surface area contributed by atoms with Crippen LogP contribution in [0.1, 0.15) is 24.7 Å². The van der Waals surface area contributed by atoms with E-state index < -0.39 is 0 Å². The number of anilines is 1. The lowest BCUT2D eigenvalue weighted by atomic mass is 10.0. The van der Waals surface area contributed by atoms with Crippen LogP contribution in [0.3, 0.4) is 0 Å². The first-order valence-corrected chi connectivity index (χ1v) is 6.93. The molecule has 0 unspecified atom stereocenters. The van der Waals surface area contributed by atoms with Gasteiger partial charge in [0.15, 0.2) is 5.82 Å². The summed E-state index contributed by atoms with van der Waals surface area (Å²) in [6, 6.07) is 3.44. The van der Waals surface area contributed by atoms with E-state index >= 15 is 0 Å². The monoisotopic (exact) mass is 286 g/mol. The molecular weight excluding hydrogens is 268 g/mol. The van der Waals surface area contributed by atoms with Crippen LogP contribution in [0.25, 0.3) is 21.9 Å². The second-order valence-electron chi connectivity index (χ2n) is 5.04. The van der Waals surface area contributed by atoms with Gasteiger partial charge >= 0.3 is 0 Å². The van der Waals surface area contributed by atoms with E-state index in [1.54, 1.807) is 19.2 Å². The maximum Gasteiger partial charge on any atom is 0.152 e. The smallest absolute Gasteiger partial charge is 0.152 e. The highest BCUT2D eigenvalue weighted by Gasteiger charge is 2.16. The lowest BCUT2D eigenvalue weighted by Crippen LogP contribution is -1.96. The number of nitrogens with two attached hydrogens (primary N) is 1. The van der Waals surface area contributed by atoms with Crippen LogP contribution in [0.15, 0.2) is 12.1 Å². The van der Waals surface area contributed by atoms with Gasteiger partial charge < -0.3 is 20.6 Å². The van der Waals surface area contributed by atoms with Gasteiger partial charge in [-0.25, -0.2) is 9.97 Å². The van der Waals surface area contributed by atoms with Gasteiger partial charge in [0.1, 0.15) is 23.7 Å². The molecule has 110 valence electrons. The molecule has 0 aliphatic rings. The highest BCUT2D eigenvalue weighted by Crippen LogP contribution is 2.34. The number of rotatable bonds is 4. The number of H-pyrrole nitrogens is 1. The van der Waals surface area contributed by atoms with Crippen LogP contribution < -0.4 is 5.73 Å². The third-order valence-electron chi connectivity index (χ3n) is 3.53.